The molecule has 0 amide bonds. The summed E-state index contributed by atoms with van der Waals surface area (Å²) in [5, 5.41) is 19.9. The van der Waals surface area contributed by atoms with E-state index in [1.54, 1.807) is 0 Å². The van der Waals surface area contributed by atoms with Crippen LogP contribution in [0.1, 0.15) is 5.56 Å². The van der Waals surface area contributed by atoms with Gasteiger partial charge < -0.3 is 13.4 Å². The maximum Gasteiger partial charge on any atom is 0.166 e. The third-order valence-electron chi connectivity index (χ3n) is 11.9. The summed E-state index contributed by atoms with van der Waals surface area (Å²) in [7, 11) is 0. The molecule has 0 aliphatic heterocycles. The number of rotatable bonds is 4. The molecular formula is C52H28N6O. The van der Waals surface area contributed by atoms with Gasteiger partial charge in [0.2, 0.25) is 0 Å². The lowest BCUT2D eigenvalue weighted by atomic mass is 9.98. The molecule has 13 aromatic rings. The number of para-hydroxylation sites is 4. The second-order valence-corrected chi connectivity index (χ2v) is 15.0. The quantitative estimate of drug-likeness (QED) is 0.179. The molecule has 5 heterocycles. The molecule has 0 unspecified atom stereocenters. The molecule has 0 fully saturated rings. The number of hydrogen-bond donors (Lipinski definition) is 0. The van der Waals surface area contributed by atoms with E-state index in [1.807, 2.05) is 84.9 Å². The predicted molar refractivity (Wildman–Crippen MR) is 237 cm³/mol. The number of hydrogen-bond acceptors (Lipinski definition) is 5. The van der Waals surface area contributed by atoms with E-state index < -0.39 is 0 Å². The van der Waals surface area contributed by atoms with Crippen molar-refractivity contribution in [3.8, 4) is 45.9 Å². The van der Waals surface area contributed by atoms with Crippen LogP contribution in [-0.4, -0.2) is 23.9 Å². The van der Waals surface area contributed by atoms with Crippen LogP contribution in [0.4, 0.5) is 0 Å². The minimum absolute atomic E-state index is 0.402. The van der Waals surface area contributed by atoms with E-state index in [4.69, 9.17) is 19.4 Å². The molecule has 59 heavy (non-hydrogen) atoms. The van der Waals surface area contributed by atoms with Gasteiger partial charge in [0.25, 0.3) is 0 Å². The molecule has 8 aromatic carbocycles. The third kappa shape index (κ3) is 4.32. The normalized spacial score (nSPS) is 12.1. The molecule has 0 bridgehead atoms. The lowest BCUT2D eigenvalue weighted by Crippen LogP contribution is -2.03. The van der Waals surface area contributed by atoms with Crippen molar-refractivity contribution in [1.29, 1.82) is 5.26 Å². The fourth-order valence-electron chi connectivity index (χ4n) is 9.51. The van der Waals surface area contributed by atoms with Crippen molar-refractivity contribution in [3.05, 3.63) is 175 Å². The maximum absolute atomic E-state index is 11.2. The number of fused-ring (bicyclic) bond motifs is 13. The Labute approximate surface area is 335 Å². The van der Waals surface area contributed by atoms with Crippen LogP contribution in [0.5, 0.6) is 0 Å². The largest absolute Gasteiger partial charge is 0.454 e. The summed E-state index contributed by atoms with van der Waals surface area (Å²) in [4.78, 5) is 15.2. The average Bonchev–Trinajstić information content (AvgIpc) is 4.05. The molecule has 0 N–H and O–H groups in total. The Balaban J connectivity index is 1.20. The molecule has 7 nitrogen and oxygen atoms in total. The van der Waals surface area contributed by atoms with Crippen LogP contribution in [0.25, 0.3) is 122 Å². The fourth-order valence-corrected chi connectivity index (χ4v) is 9.51. The second-order valence-electron chi connectivity index (χ2n) is 15.0. The number of furan rings is 1. The van der Waals surface area contributed by atoms with Gasteiger partial charge in [-0.2, -0.15) is 5.26 Å². The minimum atomic E-state index is 0.402. The second kappa shape index (κ2) is 11.8. The first kappa shape index (κ1) is 31.8. The van der Waals surface area contributed by atoms with Crippen LogP contribution in [0.15, 0.2) is 174 Å². The van der Waals surface area contributed by atoms with Crippen LogP contribution >= 0.6 is 0 Å². The van der Waals surface area contributed by atoms with Gasteiger partial charge in [-0.25, -0.2) is 15.0 Å². The highest BCUT2D eigenvalue weighted by Crippen LogP contribution is 2.49. The Kier molecular flexibility index (Phi) is 6.38. The van der Waals surface area contributed by atoms with E-state index in [0.717, 1.165) is 49.4 Å². The summed E-state index contributed by atoms with van der Waals surface area (Å²) in [6.07, 6.45) is 0. The van der Waals surface area contributed by atoms with Gasteiger partial charge in [-0.15, -0.1) is 0 Å². The molecule has 272 valence electrons. The van der Waals surface area contributed by atoms with Crippen molar-refractivity contribution in [3.63, 3.8) is 0 Å². The number of nitriles is 1. The lowest BCUT2D eigenvalue weighted by Gasteiger charge is -2.14. The van der Waals surface area contributed by atoms with Crippen molar-refractivity contribution < 1.29 is 4.42 Å². The van der Waals surface area contributed by atoms with Crippen LogP contribution in [-0.2, 0) is 0 Å². The molecule has 13 rings (SSSR count). The maximum atomic E-state index is 11.2. The molecule has 0 saturated carbocycles. The van der Waals surface area contributed by atoms with E-state index >= 15 is 0 Å². The van der Waals surface area contributed by atoms with Gasteiger partial charge in [0.15, 0.2) is 23.1 Å². The molecule has 0 spiro atoms. The summed E-state index contributed by atoms with van der Waals surface area (Å²) >= 11 is 0. The molecule has 0 saturated heterocycles. The third-order valence-corrected chi connectivity index (χ3v) is 11.9. The van der Waals surface area contributed by atoms with E-state index in [2.05, 4.69) is 100.0 Å². The van der Waals surface area contributed by atoms with Crippen molar-refractivity contribution in [2.75, 3.05) is 0 Å². The van der Waals surface area contributed by atoms with Crippen LogP contribution in [0, 0.1) is 11.3 Å². The summed E-state index contributed by atoms with van der Waals surface area (Å²) in [6, 6.07) is 60.6. The number of nitrogens with zero attached hydrogens (tertiary/aromatic N) is 6. The molecule has 0 aliphatic rings. The van der Waals surface area contributed by atoms with Gasteiger partial charge in [0.05, 0.1) is 44.9 Å². The van der Waals surface area contributed by atoms with Gasteiger partial charge in [-0.1, -0.05) is 133 Å². The van der Waals surface area contributed by atoms with E-state index in [1.165, 1.54) is 38.1 Å². The standard InChI is InChI=1S/C52H28N6O/c53-29-32-27-42(57-39-24-12-8-20-34(39)45-41(57)28-37-33-19-7-11-23-38(33)58-40-25-13-9-21-35(40)46(45)48(37)58)49-47(36-22-10-14-26-43(36)59-49)44(32)52-55-50(30-15-3-1-4-16-30)54-51(56-52)31-17-5-2-6-18-31/h1-28H. The van der Waals surface area contributed by atoms with E-state index in [0.29, 0.717) is 39.8 Å². The number of benzene rings is 8. The molecule has 0 radical (unpaired) electrons. The van der Waals surface area contributed by atoms with Gasteiger partial charge in [0.1, 0.15) is 5.58 Å². The Bertz CT molecular complexity index is 3850. The zero-order valence-corrected chi connectivity index (χ0v) is 31.3. The van der Waals surface area contributed by atoms with Crippen LogP contribution in [0.2, 0.25) is 0 Å². The zero-order chi connectivity index (χ0) is 38.8. The smallest absolute Gasteiger partial charge is 0.166 e. The van der Waals surface area contributed by atoms with Crippen LogP contribution in [0.3, 0.4) is 0 Å². The monoisotopic (exact) mass is 752 g/mol. The Hall–Kier alpha value is -8.34. The van der Waals surface area contributed by atoms with Gasteiger partial charge in [-0.05, 0) is 36.4 Å². The lowest BCUT2D eigenvalue weighted by molar-refractivity contribution is 0.666. The minimum Gasteiger partial charge on any atom is -0.454 e. The number of aromatic nitrogens is 5. The highest BCUT2D eigenvalue weighted by molar-refractivity contribution is 6.36. The summed E-state index contributed by atoms with van der Waals surface area (Å²) < 4.78 is 11.7. The van der Waals surface area contributed by atoms with Gasteiger partial charge in [-0.3, -0.25) is 0 Å². The topological polar surface area (TPSA) is 84.9 Å². The highest BCUT2D eigenvalue weighted by Gasteiger charge is 2.28. The molecule has 0 atom stereocenters. The van der Waals surface area contributed by atoms with Crippen molar-refractivity contribution in [2.24, 2.45) is 0 Å². The van der Waals surface area contributed by atoms with Crippen molar-refractivity contribution in [2.45, 2.75) is 0 Å². The Morgan fingerprint density at radius 1 is 0.458 bits per heavy atom. The molecule has 7 heteroatoms. The first-order chi connectivity index (χ1) is 29.2. The van der Waals surface area contributed by atoms with E-state index in [-0.39, 0.29) is 0 Å². The molecule has 0 aliphatic carbocycles. The Morgan fingerprint density at radius 2 is 1.00 bits per heavy atom. The molecule has 5 aromatic heterocycles. The van der Waals surface area contributed by atoms with Crippen molar-refractivity contribution in [1.82, 2.24) is 23.9 Å². The summed E-state index contributed by atoms with van der Waals surface area (Å²) in [6.45, 7) is 0. The first-order valence-electron chi connectivity index (χ1n) is 19.6. The van der Waals surface area contributed by atoms with E-state index in [9.17, 15) is 5.26 Å². The SMILES string of the molecule is N#Cc1cc(-n2c3ccccc3c3c4c5ccccc5n5c6ccccc6c(cc32)c45)c2oc3ccccc3c2c1-c1nc(-c2ccccc2)nc(-c2ccccc2)n1. The van der Waals surface area contributed by atoms with Gasteiger partial charge in [0, 0.05) is 59.8 Å². The highest BCUT2D eigenvalue weighted by atomic mass is 16.3. The van der Waals surface area contributed by atoms with Crippen molar-refractivity contribution >= 4 is 81.8 Å². The summed E-state index contributed by atoms with van der Waals surface area (Å²) in [5.41, 5.74) is 10.5. The van der Waals surface area contributed by atoms with Crippen LogP contribution < -0.4 is 0 Å². The first-order valence-corrected chi connectivity index (χ1v) is 19.6. The molecular weight excluding hydrogens is 725 g/mol. The fraction of sp³-hybridized carbons (Fsp3) is 0. The van der Waals surface area contributed by atoms with Gasteiger partial charge >= 0.3 is 0 Å². The zero-order valence-electron chi connectivity index (χ0n) is 31.3. The predicted octanol–water partition coefficient (Wildman–Crippen LogP) is 12.9. The summed E-state index contributed by atoms with van der Waals surface area (Å²) in [5.74, 6) is 1.44. The Morgan fingerprint density at radius 3 is 1.68 bits per heavy atom. The average molecular weight is 753 g/mol.